The maximum atomic E-state index is 12.7. The second-order valence-electron chi connectivity index (χ2n) is 6.80. The third-order valence-electron chi connectivity index (χ3n) is 4.12. The standard InChI is InChI=1S/C21H26ClN3O2/c1-15(26)23-19(17-9-11-18(22)12-10-17)13-21(27)24-20(14-25(2)3)16-7-5-4-6-8-16/h4-12,19-20H,13-14H2,1-3H3,(H,23,26)(H,24,27)/t19-,20+/m0/s1. The number of nitrogens with one attached hydrogen (secondary N) is 2. The van der Waals surface area contributed by atoms with Crippen molar-refractivity contribution in [3.63, 3.8) is 0 Å². The summed E-state index contributed by atoms with van der Waals surface area (Å²) in [6, 6.07) is 16.5. The van der Waals surface area contributed by atoms with Crippen LogP contribution in [0.4, 0.5) is 0 Å². The molecule has 6 heteroatoms. The van der Waals surface area contributed by atoms with Crippen LogP contribution in [0.25, 0.3) is 0 Å². The van der Waals surface area contributed by atoms with Gasteiger partial charge in [0.2, 0.25) is 11.8 Å². The quantitative estimate of drug-likeness (QED) is 0.730. The fourth-order valence-corrected chi connectivity index (χ4v) is 3.04. The molecule has 0 aliphatic rings. The largest absolute Gasteiger partial charge is 0.349 e. The van der Waals surface area contributed by atoms with Crippen molar-refractivity contribution in [1.82, 2.24) is 15.5 Å². The first kappa shape index (κ1) is 20.9. The van der Waals surface area contributed by atoms with Gasteiger partial charge in [-0.05, 0) is 37.4 Å². The minimum absolute atomic E-state index is 0.126. The van der Waals surface area contributed by atoms with Gasteiger partial charge in [0.05, 0.1) is 18.5 Å². The van der Waals surface area contributed by atoms with Crippen molar-refractivity contribution in [2.75, 3.05) is 20.6 Å². The van der Waals surface area contributed by atoms with Gasteiger partial charge in [-0.15, -0.1) is 0 Å². The van der Waals surface area contributed by atoms with Crippen LogP contribution < -0.4 is 10.6 Å². The van der Waals surface area contributed by atoms with Gasteiger partial charge in [-0.25, -0.2) is 0 Å². The maximum Gasteiger partial charge on any atom is 0.222 e. The van der Waals surface area contributed by atoms with E-state index in [9.17, 15) is 9.59 Å². The molecule has 2 rings (SSSR count). The molecular weight excluding hydrogens is 362 g/mol. The first-order chi connectivity index (χ1) is 12.8. The molecule has 2 amide bonds. The van der Waals surface area contributed by atoms with Crippen molar-refractivity contribution in [2.45, 2.75) is 25.4 Å². The molecule has 2 N–H and O–H groups in total. The third-order valence-corrected chi connectivity index (χ3v) is 4.38. The Kier molecular flexibility index (Phi) is 7.82. The molecule has 0 saturated carbocycles. The lowest BCUT2D eigenvalue weighted by Crippen LogP contribution is -2.38. The van der Waals surface area contributed by atoms with E-state index in [1.54, 1.807) is 12.1 Å². The molecule has 0 radical (unpaired) electrons. The van der Waals surface area contributed by atoms with Crippen LogP contribution in [0.15, 0.2) is 54.6 Å². The van der Waals surface area contributed by atoms with Gasteiger partial charge in [0.15, 0.2) is 0 Å². The SMILES string of the molecule is CC(=O)N[C@@H](CC(=O)N[C@H](CN(C)C)c1ccccc1)c1ccc(Cl)cc1. The Balaban J connectivity index is 2.12. The summed E-state index contributed by atoms with van der Waals surface area (Å²) in [7, 11) is 3.94. The molecule has 2 atom stereocenters. The Morgan fingerprint density at radius 3 is 2.07 bits per heavy atom. The number of hydrogen-bond donors (Lipinski definition) is 2. The molecule has 27 heavy (non-hydrogen) atoms. The van der Waals surface area contributed by atoms with Gasteiger partial charge in [-0.3, -0.25) is 9.59 Å². The fourth-order valence-electron chi connectivity index (χ4n) is 2.92. The molecule has 0 aliphatic carbocycles. The van der Waals surface area contributed by atoms with E-state index in [0.29, 0.717) is 11.6 Å². The average molecular weight is 388 g/mol. The van der Waals surface area contributed by atoms with E-state index < -0.39 is 6.04 Å². The highest BCUT2D eigenvalue weighted by Gasteiger charge is 2.20. The van der Waals surface area contributed by atoms with E-state index in [1.165, 1.54) is 6.92 Å². The third kappa shape index (κ3) is 7.04. The zero-order chi connectivity index (χ0) is 19.8. The smallest absolute Gasteiger partial charge is 0.222 e. The van der Waals surface area contributed by atoms with E-state index in [-0.39, 0.29) is 24.3 Å². The number of amides is 2. The first-order valence-corrected chi connectivity index (χ1v) is 9.24. The Hall–Kier alpha value is -2.37. The number of benzene rings is 2. The van der Waals surface area contributed by atoms with Gasteiger partial charge in [0, 0.05) is 18.5 Å². The number of halogens is 1. The summed E-state index contributed by atoms with van der Waals surface area (Å²) in [5.74, 6) is -0.310. The Morgan fingerprint density at radius 1 is 0.926 bits per heavy atom. The van der Waals surface area contributed by atoms with Crippen molar-refractivity contribution < 1.29 is 9.59 Å². The zero-order valence-corrected chi connectivity index (χ0v) is 16.7. The summed E-state index contributed by atoms with van der Waals surface area (Å²) in [6.07, 6.45) is 0.151. The number of likely N-dealkylation sites (N-methyl/N-ethyl adjacent to an activating group) is 1. The fraction of sp³-hybridized carbons (Fsp3) is 0.333. The summed E-state index contributed by atoms with van der Waals surface area (Å²) < 4.78 is 0. The minimum Gasteiger partial charge on any atom is -0.349 e. The minimum atomic E-state index is -0.407. The summed E-state index contributed by atoms with van der Waals surface area (Å²) in [4.78, 5) is 26.4. The lowest BCUT2D eigenvalue weighted by Gasteiger charge is -2.24. The lowest BCUT2D eigenvalue weighted by molar-refractivity contribution is -0.123. The van der Waals surface area contributed by atoms with Crippen LogP contribution in [0.2, 0.25) is 5.02 Å². The highest BCUT2D eigenvalue weighted by atomic mass is 35.5. The van der Waals surface area contributed by atoms with Crippen molar-refractivity contribution in [3.8, 4) is 0 Å². The second-order valence-corrected chi connectivity index (χ2v) is 7.24. The molecule has 0 fully saturated rings. The molecular formula is C21H26ClN3O2. The first-order valence-electron chi connectivity index (χ1n) is 8.86. The van der Waals surface area contributed by atoms with Crippen LogP contribution in [-0.4, -0.2) is 37.4 Å². The molecule has 0 heterocycles. The van der Waals surface area contributed by atoms with Gasteiger partial charge in [-0.1, -0.05) is 54.1 Å². The molecule has 0 aromatic heterocycles. The van der Waals surface area contributed by atoms with Crippen LogP contribution in [0.1, 0.15) is 36.6 Å². The molecule has 0 saturated heterocycles. The lowest BCUT2D eigenvalue weighted by atomic mass is 10.0. The zero-order valence-electron chi connectivity index (χ0n) is 15.9. The van der Waals surface area contributed by atoms with Crippen LogP contribution in [0.3, 0.4) is 0 Å². The molecule has 0 spiro atoms. The molecule has 0 aliphatic heterocycles. The van der Waals surface area contributed by atoms with Crippen molar-refractivity contribution in [3.05, 3.63) is 70.7 Å². The van der Waals surface area contributed by atoms with Crippen LogP contribution in [0, 0.1) is 0 Å². The Bertz CT molecular complexity index is 748. The van der Waals surface area contributed by atoms with E-state index in [0.717, 1.165) is 11.1 Å². The topological polar surface area (TPSA) is 61.4 Å². The van der Waals surface area contributed by atoms with Gasteiger partial charge in [-0.2, -0.15) is 0 Å². The van der Waals surface area contributed by atoms with Gasteiger partial charge in [0.25, 0.3) is 0 Å². The highest BCUT2D eigenvalue weighted by Crippen LogP contribution is 2.21. The van der Waals surface area contributed by atoms with E-state index in [4.69, 9.17) is 11.6 Å². The van der Waals surface area contributed by atoms with Gasteiger partial charge >= 0.3 is 0 Å². The molecule has 144 valence electrons. The number of hydrogen-bond acceptors (Lipinski definition) is 3. The molecule has 2 aromatic carbocycles. The van der Waals surface area contributed by atoms with E-state index >= 15 is 0 Å². The van der Waals surface area contributed by atoms with Crippen LogP contribution in [0.5, 0.6) is 0 Å². The van der Waals surface area contributed by atoms with Gasteiger partial charge < -0.3 is 15.5 Å². The summed E-state index contributed by atoms with van der Waals surface area (Å²) >= 11 is 5.94. The molecule has 0 unspecified atom stereocenters. The summed E-state index contributed by atoms with van der Waals surface area (Å²) in [5, 5.41) is 6.55. The highest BCUT2D eigenvalue weighted by molar-refractivity contribution is 6.30. The predicted octanol–water partition coefficient (Wildman–Crippen LogP) is 3.33. The number of nitrogens with zero attached hydrogens (tertiary/aromatic N) is 1. The van der Waals surface area contributed by atoms with E-state index in [2.05, 4.69) is 10.6 Å². The number of rotatable bonds is 8. The Morgan fingerprint density at radius 2 is 1.52 bits per heavy atom. The second kappa shape index (κ2) is 10.1. The van der Waals surface area contributed by atoms with Crippen molar-refractivity contribution in [2.24, 2.45) is 0 Å². The van der Waals surface area contributed by atoms with Crippen molar-refractivity contribution in [1.29, 1.82) is 0 Å². The average Bonchev–Trinajstić information content (AvgIpc) is 2.61. The molecule has 2 aromatic rings. The number of carbonyl (C=O) groups excluding carboxylic acids is 2. The number of carbonyl (C=O) groups is 2. The van der Waals surface area contributed by atoms with E-state index in [1.807, 2.05) is 61.5 Å². The van der Waals surface area contributed by atoms with Crippen LogP contribution in [-0.2, 0) is 9.59 Å². The van der Waals surface area contributed by atoms with Crippen molar-refractivity contribution >= 4 is 23.4 Å². The molecule has 5 nitrogen and oxygen atoms in total. The van der Waals surface area contributed by atoms with Crippen LogP contribution >= 0.6 is 11.6 Å². The monoisotopic (exact) mass is 387 g/mol. The molecule has 0 bridgehead atoms. The summed E-state index contributed by atoms with van der Waals surface area (Å²) in [5.41, 5.74) is 1.88. The maximum absolute atomic E-state index is 12.7. The normalized spacial score (nSPS) is 13.1. The summed E-state index contributed by atoms with van der Waals surface area (Å²) in [6.45, 7) is 2.13. The van der Waals surface area contributed by atoms with Gasteiger partial charge in [0.1, 0.15) is 0 Å². The predicted molar refractivity (Wildman–Crippen MR) is 109 cm³/mol. The Labute approximate surface area is 165 Å².